The van der Waals surface area contributed by atoms with E-state index >= 15 is 9.59 Å². The molecule has 0 N–H and O–H groups in total. The highest BCUT2D eigenvalue weighted by molar-refractivity contribution is 5.90. The van der Waals surface area contributed by atoms with Crippen LogP contribution in [0.15, 0.2) is 107 Å². The predicted molar refractivity (Wildman–Crippen MR) is 175 cm³/mol. The van der Waals surface area contributed by atoms with Crippen molar-refractivity contribution in [1.82, 2.24) is 0 Å². The summed E-state index contributed by atoms with van der Waals surface area (Å²) in [5.74, 6) is 1.69. The van der Waals surface area contributed by atoms with Crippen molar-refractivity contribution in [3.8, 4) is 11.5 Å². The average Bonchev–Trinajstić information content (AvgIpc) is 3.55. The molecule has 8 rings (SSSR count). The lowest BCUT2D eigenvalue weighted by atomic mass is 9.54. The number of fused-ring (bicyclic) bond motifs is 4. The van der Waals surface area contributed by atoms with Crippen LogP contribution in [0, 0.1) is 34.5 Å². The molecule has 0 aliphatic heterocycles. The van der Waals surface area contributed by atoms with Crippen LogP contribution in [-0.2, 0) is 9.59 Å². The molecule has 0 fully saturated rings. The summed E-state index contributed by atoms with van der Waals surface area (Å²) in [6.45, 7) is 0. The van der Waals surface area contributed by atoms with Gasteiger partial charge in [-0.15, -0.1) is 0 Å². The summed E-state index contributed by atoms with van der Waals surface area (Å²) in [4.78, 5) is 30.4. The van der Waals surface area contributed by atoms with E-state index < -0.39 is 10.8 Å². The van der Waals surface area contributed by atoms with Crippen LogP contribution in [0.3, 0.4) is 0 Å². The van der Waals surface area contributed by atoms with E-state index in [4.69, 9.17) is 9.47 Å². The molecule has 0 amide bonds. The molecule has 45 heavy (non-hydrogen) atoms. The van der Waals surface area contributed by atoms with Gasteiger partial charge in [0.1, 0.15) is 11.5 Å². The zero-order chi connectivity index (χ0) is 30.4. The minimum Gasteiger partial charge on any atom is -0.426 e. The van der Waals surface area contributed by atoms with Gasteiger partial charge in [-0.25, -0.2) is 0 Å². The van der Waals surface area contributed by atoms with Crippen LogP contribution in [0.1, 0.15) is 83.5 Å². The molecular formula is C41H44O4. The number of allylic oxidation sites excluding steroid dienone is 6. The van der Waals surface area contributed by atoms with Gasteiger partial charge < -0.3 is 9.47 Å². The number of esters is 2. The molecule has 0 saturated heterocycles. The average molecular weight is 601 g/mol. The molecule has 2 aromatic rings. The molecule has 6 aliphatic carbocycles. The molecule has 2 aromatic carbocycles. The van der Waals surface area contributed by atoms with Crippen LogP contribution in [-0.4, -0.2) is 11.9 Å². The fourth-order valence-electron chi connectivity index (χ4n) is 10.6. The summed E-state index contributed by atoms with van der Waals surface area (Å²) < 4.78 is 12.9. The first-order valence-corrected chi connectivity index (χ1v) is 17.4. The van der Waals surface area contributed by atoms with E-state index in [1.165, 1.54) is 35.1 Å². The van der Waals surface area contributed by atoms with Gasteiger partial charge in [0.25, 0.3) is 0 Å². The summed E-state index contributed by atoms with van der Waals surface area (Å²) in [5.41, 5.74) is 3.83. The van der Waals surface area contributed by atoms with Crippen molar-refractivity contribution >= 4 is 11.9 Å². The van der Waals surface area contributed by atoms with E-state index in [0.29, 0.717) is 29.8 Å². The monoisotopic (exact) mass is 600 g/mol. The van der Waals surface area contributed by atoms with Gasteiger partial charge in [0, 0.05) is 0 Å². The summed E-state index contributed by atoms with van der Waals surface area (Å²) in [6.07, 6.45) is 21.7. The van der Waals surface area contributed by atoms with Crippen LogP contribution in [0.5, 0.6) is 11.5 Å². The van der Waals surface area contributed by atoms with Crippen molar-refractivity contribution in [2.45, 2.75) is 83.5 Å². The van der Waals surface area contributed by atoms with Crippen LogP contribution < -0.4 is 9.47 Å². The van der Waals surface area contributed by atoms with Gasteiger partial charge in [-0.2, -0.15) is 0 Å². The molecule has 0 bridgehead atoms. The third-order valence-electron chi connectivity index (χ3n) is 12.3. The first-order valence-electron chi connectivity index (χ1n) is 17.4. The smallest absolute Gasteiger partial charge is 0.321 e. The first kappa shape index (κ1) is 28.8. The van der Waals surface area contributed by atoms with Crippen molar-refractivity contribution in [2.24, 2.45) is 34.5 Å². The highest BCUT2D eigenvalue weighted by Gasteiger charge is 2.67. The summed E-state index contributed by atoms with van der Waals surface area (Å²) in [7, 11) is 0. The van der Waals surface area contributed by atoms with Crippen LogP contribution >= 0.6 is 0 Å². The number of ether oxygens (including phenoxy) is 2. The Hall–Kier alpha value is -3.66. The first-order chi connectivity index (χ1) is 22.1. The molecule has 0 spiro atoms. The molecule has 0 aromatic heterocycles. The Labute approximate surface area is 267 Å². The molecule has 6 atom stereocenters. The van der Waals surface area contributed by atoms with Crippen molar-refractivity contribution in [1.29, 1.82) is 0 Å². The van der Waals surface area contributed by atoms with Gasteiger partial charge in [0.15, 0.2) is 0 Å². The van der Waals surface area contributed by atoms with Crippen molar-refractivity contribution in [3.05, 3.63) is 107 Å². The van der Waals surface area contributed by atoms with E-state index in [1.807, 2.05) is 60.7 Å². The number of para-hydroxylation sites is 2. The van der Waals surface area contributed by atoms with Gasteiger partial charge in [-0.3, -0.25) is 9.59 Å². The van der Waals surface area contributed by atoms with Gasteiger partial charge in [0.05, 0.1) is 10.8 Å². The van der Waals surface area contributed by atoms with Crippen molar-refractivity contribution in [3.63, 3.8) is 0 Å². The predicted octanol–water partition coefficient (Wildman–Crippen LogP) is 9.49. The topological polar surface area (TPSA) is 52.6 Å². The molecule has 4 heteroatoms. The lowest BCUT2D eigenvalue weighted by Crippen LogP contribution is -2.52. The minimum atomic E-state index is -0.873. The number of hydrogen-bond acceptors (Lipinski definition) is 4. The number of carbonyl (C=O) groups excluding carboxylic acids is 2. The van der Waals surface area contributed by atoms with Gasteiger partial charge in [0.2, 0.25) is 0 Å². The molecule has 0 saturated carbocycles. The van der Waals surface area contributed by atoms with E-state index in [0.717, 1.165) is 64.2 Å². The van der Waals surface area contributed by atoms with Gasteiger partial charge in [-0.1, -0.05) is 83.0 Å². The van der Waals surface area contributed by atoms with Crippen LogP contribution in [0.2, 0.25) is 0 Å². The van der Waals surface area contributed by atoms with Crippen LogP contribution in [0.25, 0.3) is 0 Å². The second-order valence-electron chi connectivity index (χ2n) is 14.3. The largest absolute Gasteiger partial charge is 0.426 e. The Balaban J connectivity index is 1.34. The molecule has 232 valence electrons. The zero-order valence-electron chi connectivity index (χ0n) is 26.2. The maximum atomic E-state index is 15.2. The summed E-state index contributed by atoms with van der Waals surface area (Å²) >= 11 is 0. The van der Waals surface area contributed by atoms with Crippen molar-refractivity contribution in [2.75, 3.05) is 0 Å². The number of hydrogen-bond donors (Lipinski definition) is 0. The van der Waals surface area contributed by atoms with Crippen molar-refractivity contribution < 1.29 is 19.1 Å². The van der Waals surface area contributed by atoms with Gasteiger partial charge in [-0.05, 0) is 131 Å². The fourth-order valence-corrected chi connectivity index (χ4v) is 10.6. The van der Waals surface area contributed by atoms with Gasteiger partial charge >= 0.3 is 11.9 Å². The molecule has 5 unspecified atom stereocenters. The van der Waals surface area contributed by atoms with E-state index in [2.05, 4.69) is 24.3 Å². The van der Waals surface area contributed by atoms with Crippen LogP contribution in [0.4, 0.5) is 0 Å². The Kier molecular flexibility index (Phi) is 7.43. The number of rotatable bonds is 6. The highest BCUT2D eigenvalue weighted by Crippen LogP contribution is 2.69. The highest BCUT2D eigenvalue weighted by atomic mass is 16.5. The third kappa shape index (κ3) is 4.54. The SMILES string of the molecule is O=C(Oc1ccccc1)C1(CC2(C(=O)Oc3ccccc3)C3=C(CCCC3)C3CC=CC[C@H]32)C2=C(CCCC2)C2CC=CCC21. The minimum absolute atomic E-state index is 0.0917. The molecular weight excluding hydrogens is 556 g/mol. The quantitative estimate of drug-likeness (QED) is 0.188. The molecule has 0 radical (unpaired) electrons. The second kappa shape index (κ2) is 11.6. The maximum absolute atomic E-state index is 15.2. The second-order valence-corrected chi connectivity index (χ2v) is 14.3. The Morgan fingerprint density at radius 2 is 0.956 bits per heavy atom. The molecule has 4 nitrogen and oxygen atoms in total. The fraction of sp³-hybridized carbons (Fsp3) is 0.463. The third-order valence-corrected chi connectivity index (χ3v) is 12.3. The lowest BCUT2D eigenvalue weighted by molar-refractivity contribution is -0.157. The zero-order valence-corrected chi connectivity index (χ0v) is 26.2. The standard InChI is InChI=1S/C41H44O4/c42-38(44-28-15-3-1-4-16-28)40(34-23-11-7-19-30(34)31-20-8-12-24-35(31)40)27-41(39(43)45-29-17-5-2-6-18-29)36-25-13-9-21-32(36)33-22-10-14-26-37(33)41/h1-7,9,11,13,15-18,30,32,34,36H,8,10,12,14,19-27H2/t30?,32?,34-,36?,40?,41?/m1/s1. The lowest BCUT2D eigenvalue weighted by Gasteiger charge is -2.47. The molecule has 6 aliphatic rings. The normalized spacial score (nSPS) is 33.2. The Bertz CT molecular complexity index is 1480. The maximum Gasteiger partial charge on any atom is 0.321 e. The molecule has 0 heterocycles. The van der Waals surface area contributed by atoms with E-state index in [1.54, 1.807) is 0 Å². The summed E-state index contributed by atoms with van der Waals surface area (Å²) in [6, 6.07) is 19.1. The van der Waals surface area contributed by atoms with E-state index in [-0.39, 0.29) is 23.8 Å². The van der Waals surface area contributed by atoms with E-state index in [9.17, 15) is 0 Å². The Morgan fingerprint density at radius 3 is 1.40 bits per heavy atom. The number of carbonyl (C=O) groups is 2. The Morgan fingerprint density at radius 1 is 0.556 bits per heavy atom. The summed E-state index contributed by atoms with van der Waals surface area (Å²) in [5, 5.41) is 0. The number of benzene rings is 2.